The number of amides is 1. The molecule has 6 nitrogen and oxygen atoms in total. The Kier molecular flexibility index (Phi) is 6.79. The zero-order valence-corrected chi connectivity index (χ0v) is 17.9. The Bertz CT molecular complexity index is 908. The highest BCUT2D eigenvalue weighted by molar-refractivity contribution is 7.92. The summed E-state index contributed by atoms with van der Waals surface area (Å²) in [6.45, 7) is 4.14. The van der Waals surface area contributed by atoms with Gasteiger partial charge in [0.1, 0.15) is 6.04 Å². The molecule has 1 aliphatic heterocycles. The highest BCUT2D eigenvalue weighted by Crippen LogP contribution is 2.21. The van der Waals surface area contributed by atoms with Crippen LogP contribution in [0.3, 0.4) is 0 Å². The van der Waals surface area contributed by atoms with Crippen LogP contribution in [0.1, 0.15) is 31.7 Å². The minimum Gasteiger partial charge on any atom is -0.372 e. The average Bonchev–Trinajstić information content (AvgIpc) is 2.73. The van der Waals surface area contributed by atoms with E-state index < -0.39 is 16.1 Å². The number of hydrogen-bond donors (Lipinski definition) is 1. The third-order valence-electron chi connectivity index (χ3n) is 5.22. The van der Waals surface area contributed by atoms with Gasteiger partial charge in [-0.25, -0.2) is 8.42 Å². The van der Waals surface area contributed by atoms with E-state index in [-0.39, 0.29) is 5.91 Å². The number of rotatable bonds is 7. The van der Waals surface area contributed by atoms with Crippen LogP contribution < -0.4 is 14.5 Å². The van der Waals surface area contributed by atoms with Gasteiger partial charge in [-0.3, -0.25) is 9.10 Å². The number of nitrogens with one attached hydrogen (secondary N) is 1. The van der Waals surface area contributed by atoms with Crippen LogP contribution in [0.4, 0.5) is 11.4 Å². The highest BCUT2D eigenvalue weighted by Gasteiger charge is 2.28. The summed E-state index contributed by atoms with van der Waals surface area (Å²) in [6.07, 6.45) is 4.87. The number of anilines is 2. The first-order valence-electron chi connectivity index (χ1n) is 10.0. The number of piperidine rings is 1. The summed E-state index contributed by atoms with van der Waals surface area (Å²) >= 11 is 0. The quantitative estimate of drug-likeness (QED) is 0.754. The molecule has 156 valence electrons. The van der Waals surface area contributed by atoms with E-state index in [2.05, 4.69) is 22.3 Å². The molecule has 2 aromatic carbocycles. The second-order valence-electron chi connectivity index (χ2n) is 7.50. The number of carbonyl (C=O) groups is 1. The van der Waals surface area contributed by atoms with Crippen molar-refractivity contribution in [2.75, 3.05) is 28.6 Å². The molecule has 7 heteroatoms. The van der Waals surface area contributed by atoms with Crippen molar-refractivity contribution < 1.29 is 13.2 Å². The number of nitrogens with zero attached hydrogens (tertiary/aromatic N) is 2. The molecule has 0 aromatic heterocycles. The van der Waals surface area contributed by atoms with E-state index in [1.807, 2.05) is 18.2 Å². The van der Waals surface area contributed by atoms with Crippen LogP contribution in [-0.4, -0.2) is 39.7 Å². The van der Waals surface area contributed by atoms with Gasteiger partial charge in [0.15, 0.2) is 0 Å². The second kappa shape index (κ2) is 9.31. The summed E-state index contributed by atoms with van der Waals surface area (Å²) in [4.78, 5) is 15.1. The molecule has 0 aliphatic carbocycles. The summed E-state index contributed by atoms with van der Waals surface area (Å²) in [5, 5.41) is 2.86. The van der Waals surface area contributed by atoms with Gasteiger partial charge in [0.05, 0.1) is 11.9 Å². The molecule has 1 atom stereocenters. The Morgan fingerprint density at radius 3 is 2.24 bits per heavy atom. The lowest BCUT2D eigenvalue weighted by Gasteiger charge is -2.29. The molecule has 0 spiro atoms. The molecule has 29 heavy (non-hydrogen) atoms. The Morgan fingerprint density at radius 1 is 1.03 bits per heavy atom. The number of hydrogen-bond acceptors (Lipinski definition) is 4. The summed E-state index contributed by atoms with van der Waals surface area (Å²) in [5.41, 5.74) is 2.67. The lowest BCUT2D eigenvalue weighted by atomic mass is 10.1. The molecule has 1 aliphatic rings. The van der Waals surface area contributed by atoms with Crippen molar-refractivity contribution in [1.82, 2.24) is 5.32 Å². The summed E-state index contributed by atoms with van der Waals surface area (Å²) < 4.78 is 25.7. The predicted molar refractivity (Wildman–Crippen MR) is 118 cm³/mol. The maximum Gasteiger partial charge on any atom is 0.243 e. The normalized spacial score (nSPS) is 15.6. The zero-order chi connectivity index (χ0) is 20.9. The minimum atomic E-state index is -3.60. The maximum absolute atomic E-state index is 12.7. The van der Waals surface area contributed by atoms with Crippen LogP contribution in [0, 0.1) is 0 Å². The van der Waals surface area contributed by atoms with Gasteiger partial charge in [-0.1, -0.05) is 30.3 Å². The maximum atomic E-state index is 12.7. The monoisotopic (exact) mass is 415 g/mol. The van der Waals surface area contributed by atoms with Crippen molar-refractivity contribution in [3.05, 3.63) is 60.2 Å². The third-order valence-corrected chi connectivity index (χ3v) is 6.47. The Balaban J connectivity index is 1.63. The van der Waals surface area contributed by atoms with E-state index in [1.165, 1.54) is 24.9 Å². The largest absolute Gasteiger partial charge is 0.372 e. The average molecular weight is 416 g/mol. The summed E-state index contributed by atoms with van der Waals surface area (Å²) in [7, 11) is -3.60. The van der Waals surface area contributed by atoms with Crippen LogP contribution >= 0.6 is 0 Å². The Labute approximate surface area is 173 Å². The van der Waals surface area contributed by atoms with Gasteiger partial charge < -0.3 is 10.2 Å². The lowest BCUT2D eigenvalue weighted by Crippen LogP contribution is -2.47. The van der Waals surface area contributed by atoms with Crippen molar-refractivity contribution in [2.45, 2.75) is 38.8 Å². The van der Waals surface area contributed by atoms with Crippen LogP contribution in [0.25, 0.3) is 0 Å². The minimum absolute atomic E-state index is 0.334. The van der Waals surface area contributed by atoms with Crippen LogP contribution in [0.2, 0.25) is 0 Å². The van der Waals surface area contributed by atoms with E-state index in [4.69, 9.17) is 0 Å². The summed E-state index contributed by atoms with van der Waals surface area (Å²) in [6, 6.07) is 16.0. The van der Waals surface area contributed by atoms with E-state index >= 15 is 0 Å². The first-order valence-corrected chi connectivity index (χ1v) is 11.9. The van der Waals surface area contributed by atoms with Crippen molar-refractivity contribution in [3.63, 3.8) is 0 Å². The topological polar surface area (TPSA) is 69.7 Å². The SMILES string of the molecule is C[C@@H](C(=O)NCc1ccc(N2CCCCC2)cc1)N(c1ccccc1)S(C)(=O)=O. The Hall–Kier alpha value is -2.54. The molecule has 2 aromatic rings. The van der Waals surface area contributed by atoms with Gasteiger partial charge in [-0.15, -0.1) is 0 Å². The lowest BCUT2D eigenvalue weighted by molar-refractivity contribution is -0.122. The smallest absolute Gasteiger partial charge is 0.243 e. The molecule has 1 fully saturated rings. The molecule has 0 radical (unpaired) electrons. The van der Waals surface area contributed by atoms with E-state index in [0.29, 0.717) is 12.2 Å². The van der Waals surface area contributed by atoms with E-state index in [1.54, 1.807) is 31.2 Å². The fourth-order valence-corrected chi connectivity index (χ4v) is 4.87. The molecular weight excluding hydrogens is 386 g/mol. The van der Waals surface area contributed by atoms with Gasteiger partial charge in [0, 0.05) is 25.3 Å². The Morgan fingerprint density at radius 2 is 1.66 bits per heavy atom. The van der Waals surface area contributed by atoms with E-state index in [0.717, 1.165) is 29.2 Å². The van der Waals surface area contributed by atoms with Crippen molar-refractivity contribution in [1.29, 1.82) is 0 Å². The van der Waals surface area contributed by atoms with Gasteiger partial charge in [-0.05, 0) is 56.0 Å². The number of sulfonamides is 1. The first kappa shape index (κ1) is 21.2. The number of carbonyl (C=O) groups excluding carboxylic acids is 1. The molecule has 1 saturated heterocycles. The third kappa shape index (κ3) is 5.50. The van der Waals surface area contributed by atoms with Gasteiger partial charge in [0.2, 0.25) is 15.9 Å². The predicted octanol–water partition coefficient (Wildman–Crippen LogP) is 3.15. The van der Waals surface area contributed by atoms with Crippen molar-refractivity contribution in [3.8, 4) is 0 Å². The standard InChI is InChI=1S/C22H29N3O3S/c1-18(25(29(2,27)28)21-9-5-3-6-10-21)22(26)23-17-19-11-13-20(14-12-19)24-15-7-4-8-16-24/h3,5-6,9-14,18H,4,7-8,15-17H2,1-2H3,(H,23,26)/t18-/m0/s1. The molecule has 1 N–H and O–H groups in total. The molecule has 1 amide bonds. The zero-order valence-electron chi connectivity index (χ0n) is 17.0. The van der Waals surface area contributed by atoms with Gasteiger partial charge in [0.25, 0.3) is 0 Å². The molecule has 0 saturated carbocycles. The molecular formula is C22H29N3O3S. The van der Waals surface area contributed by atoms with Crippen molar-refractivity contribution in [2.24, 2.45) is 0 Å². The van der Waals surface area contributed by atoms with Crippen LogP contribution in [0.15, 0.2) is 54.6 Å². The fourth-order valence-electron chi connectivity index (χ4n) is 3.70. The van der Waals surface area contributed by atoms with Crippen LogP contribution in [0.5, 0.6) is 0 Å². The van der Waals surface area contributed by atoms with E-state index in [9.17, 15) is 13.2 Å². The number of benzene rings is 2. The van der Waals surface area contributed by atoms with Gasteiger partial charge >= 0.3 is 0 Å². The second-order valence-corrected chi connectivity index (χ2v) is 9.36. The number of para-hydroxylation sites is 1. The molecule has 0 bridgehead atoms. The highest BCUT2D eigenvalue weighted by atomic mass is 32.2. The van der Waals surface area contributed by atoms with Crippen molar-refractivity contribution >= 4 is 27.3 Å². The molecule has 3 rings (SSSR count). The first-order chi connectivity index (χ1) is 13.9. The fraction of sp³-hybridized carbons (Fsp3) is 0.409. The molecule has 0 unspecified atom stereocenters. The van der Waals surface area contributed by atoms with Gasteiger partial charge in [-0.2, -0.15) is 0 Å². The molecule has 1 heterocycles. The summed E-state index contributed by atoms with van der Waals surface area (Å²) in [5.74, 6) is -0.334. The van der Waals surface area contributed by atoms with Crippen LogP contribution in [-0.2, 0) is 21.4 Å².